The zero-order valence-electron chi connectivity index (χ0n) is 17.6. The number of hydrogen-bond acceptors (Lipinski definition) is 3. The van der Waals surface area contributed by atoms with E-state index in [9.17, 15) is 9.59 Å². The van der Waals surface area contributed by atoms with Gasteiger partial charge >= 0.3 is 0 Å². The van der Waals surface area contributed by atoms with Crippen LogP contribution in [0.1, 0.15) is 42.4 Å². The summed E-state index contributed by atoms with van der Waals surface area (Å²) in [6.45, 7) is 3.47. The van der Waals surface area contributed by atoms with E-state index in [4.69, 9.17) is 0 Å². The molecule has 1 heterocycles. The predicted octanol–water partition coefficient (Wildman–Crippen LogP) is 3.57. The van der Waals surface area contributed by atoms with Crippen molar-refractivity contribution in [2.75, 3.05) is 11.9 Å². The van der Waals surface area contributed by atoms with E-state index in [2.05, 4.69) is 28.1 Å². The lowest BCUT2D eigenvalue weighted by Gasteiger charge is -2.29. The Labute approximate surface area is 178 Å². The number of carbonyl (C=O) groups is 2. The maximum absolute atomic E-state index is 12.6. The van der Waals surface area contributed by atoms with Crippen molar-refractivity contribution in [1.82, 2.24) is 10.6 Å². The summed E-state index contributed by atoms with van der Waals surface area (Å²) >= 11 is 0. The Hall–Kier alpha value is -2.66. The van der Waals surface area contributed by atoms with Crippen LogP contribution in [0.3, 0.4) is 0 Å². The summed E-state index contributed by atoms with van der Waals surface area (Å²) in [6, 6.07) is 16.1. The average Bonchev–Trinajstić information content (AvgIpc) is 2.77. The quantitative estimate of drug-likeness (QED) is 0.712. The van der Waals surface area contributed by atoms with E-state index in [0.29, 0.717) is 12.5 Å². The van der Waals surface area contributed by atoms with Crippen molar-refractivity contribution in [1.29, 1.82) is 0 Å². The lowest BCUT2D eigenvalue weighted by molar-refractivity contribution is -0.124. The molecule has 0 aromatic heterocycles. The van der Waals surface area contributed by atoms with E-state index in [1.165, 1.54) is 11.1 Å². The molecule has 0 bridgehead atoms. The number of amides is 2. The highest BCUT2D eigenvalue weighted by atomic mass is 16.2. The molecule has 5 nitrogen and oxygen atoms in total. The van der Waals surface area contributed by atoms with Gasteiger partial charge in [0.2, 0.25) is 11.8 Å². The highest BCUT2D eigenvalue weighted by Crippen LogP contribution is 2.29. The lowest BCUT2D eigenvalue weighted by atomic mass is 9.81. The molecule has 3 N–H and O–H groups in total. The fraction of sp³-hybridized carbons (Fsp3) is 0.440. The first-order valence-electron chi connectivity index (χ1n) is 11.0. The number of carbonyl (C=O) groups excluding carboxylic acids is 2. The Morgan fingerprint density at radius 2 is 1.73 bits per heavy atom. The number of hydrogen-bond donors (Lipinski definition) is 3. The molecule has 0 saturated heterocycles. The zero-order valence-corrected chi connectivity index (χ0v) is 17.6. The van der Waals surface area contributed by atoms with Crippen molar-refractivity contribution in [2.24, 2.45) is 11.8 Å². The van der Waals surface area contributed by atoms with Crippen LogP contribution in [0.5, 0.6) is 0 Å². The first-order chi connectivity index (χ1) is 14.6. The number of anilines is 1. The first-order valence-corrected chi connectivity index (χ1v) is 11.0. The summed E-state index contributed by atoms with van der Waals surface area (Å²) in [5.74, 6) is 0.721. The molecule has 30 heavy (non-hydrogen) atoms. The number of nitrogens with one attached hydrogen (secondary N) is 3. The molecule has 2 amide bonds. The average molecular weight is 406 g/mol. The van der Waals surface area contributed by atoms with Crippen molar-refractivity contribution in [2.45, 2.75) is 51.6 Å². The van der Waals surface area contributed by atoms with E-state index in [0.717, 1.165) is 49.9 Å². The van der Waals surface area contributed by atoms with Crippen LogP contribution in [-0.2, 0) is 22.6 Å². The van der Waals surface area contributed by atoms with Crippen LogP contribution in [-0.4, -0.2) is 24.4 Å². The van der Waals surface area contributed by atoms with Crippen molar-refractivity contribution >= 4 is 17.5 Å². The Kier molecular flexibility index (Phi) is 6.48. The molecule has 1 aliphatic carbocycles. The number of benzene rings is 2. The van der Waals surface area contributed by atoms with Gasteiger partial charge in [-0.15, -0.1) is 0 Å². The second-order valence-electron chi connectivity index (χ2n) is 8.73. The third kappa shape index (κ3) is 5.08. The van der Waals surface area contributed by atoms with Gasteiger partial charge in [-0.2, -0.15) is 0 Å². The van der Waals surface area contributed by atoms with Crippen LogP contribution in [0.25, 0.3) is 0 Å². The van der Waals surface area contributed by atoms with Gasteiger partial charge < -0.3 is 16.0 Å². The van der Waals surface area contributed by atoms with E-state index in [-0.39, 0.29) is 23.8 Å². The molecule has 1 atom stereocenters. The molecule has 0 unspecified atom stereocenters. The smallest absolute Gasteiger partial charge is 0.237 e. The molecule has 0 spiro atoms. The molecule has 2 aromatic carbocycles. The number of aryl methyl sites for hydroxylation is 1. The molecule has 1 saturated carbocycles. The van der Waals surface area contributed by atoms with Gasteiger partial charge in [-0.3, -0.25) is 9.59 Å². The normalized spacial score (nSPS) is 23.3. The minimum Gasteiger partial charge on any atom is -0.354 e. The summed E-state index contributed by atoms with van der Waals surface area (Å²) in [5.41, 5.74) is 4.56. The van der Waals surface area contributed by atoms with Crippen molar-refractivity contribution in [3.8, 4) is 0 Å². The molecule has 2 aliphatic rings. The summed E-state index contributed by atoms with van der Waals surface area (Å²) in [4.78, 5) is 25.2. The SMILES string of the molecule is Cc1cccc(NC(=O)C2CCC(CNC(=O)[C@H]3Cc4ccccc4CN3)CC2)c1. The number of rotatable bonds is 5. The second-order valence-corrected chi connectivity index (χ2v) is 8.73. The fourth-order valence-corrected chi connectivity index (χ4v) is 4.60. The Morgan fingerprint density at radius 3 is 2.50 bits per heavy atom. The number of fused-ring (bicyclic) bond motifs is 1. The summed E-state index contributed by atoms with van der Waals surface area (Å²) in [5, 5.41) is 9.54. The molecule has 1 fully saturated rings. The molecular formula is C25H31N3O2. The highest BCUT2D eigenvalue weighted by Gasteiger charge is 2.28. The molecule has 1 aliphatic heterocycles. The van der Waals surface area contributed by atoms with Crippen LogP contribution < -0.4 is 16.0 Å². The van der Waals surface area contributed by atoms with Gasteiger partial charge in [0.05, 0.1) is 6.04 Å². The predicted molar refractivity (Wildman–Crippen MR) is 119 cm³/mol. The Bertz CT molecular complexity index is 903. The third-order valence-corrected chi connectivity index (χ3v) is 6.47. The fourth-order valence-electron chi connectivity index (χ4n) is 4.60. The van der Waals surface area contributed by atoms with Gasteiger partial charge in [-0.05, 0) is 73.8 Å². The van der Waals surface area contributed by atoms with Gasteiger partial charge in [0.25, 0.3) is 0 Å². The zero-order chi connectivity index (χ0) is 20.9. The minimum atomic E-state index is -0.156. The Morgan fingerprint density at radius 1 is 0.967 bits per heavy atom. The van der Waals surface area contributed by atoms with E-state index in [1.54, 1.807) is 0 Å². The monoisotopic (exact) mass is 405 g/mol. The largest absolute Gasteiger partial charge is 0.354 e. The first kappa shape index (κ1) is 20.6. The molecule has 0 radical (unpaired) electrons. The summed E-state index contributed by atoms with van der Waals surface area (Å²) < 4.78 is 0. The van der Waals surface area contributed by atoms with Crippen LogP contribution in [0.2, 0.25) is 0 Å². The minimum absolute atomic E-state index is 0.0639. The van der Waals surface area contributed by atoms with Gasteiger partial charge in [0.15, 0.2) is 0 Å². The van der Waals surface area contributed by atoms with Gasteiger partial charge in [0, 0.05) is 24.7 Å². The van der Waals surface area contributed by atoms with Gasteiger partial charge in [0.1, 0.15) is 0 Å². The molecule has 158 valence electrons. The van der Waals surface area contributed by atoms with E-state index in [1.807, 2.05) is 43.3 Å². The van der Waals surface area contributed by atoms with Crippen LogP contribution in [0, 0.1) is 18.8 Å². The summed E-state index contributed by atoms with van der Waals surface area (Å²) in [6.07, 6.45) is 4.47. The van der Waals surface area contributed by atoms with Gasteiger partial charge in [-0.25, -0.2) is 0 Å². The maximum Gasteiger partial charge on any atom is 0.237 e. The topological polar surface area (TPSA) is 70.2 Å². The standard InChI is InChI=1S/C25H31N3O2/c1-17-5-4-8-22(13-17)28-24(29)19-11-9-18(10-12-19)15-27-25(30)23-14-20-6-2-3-7-21(20)16-26-23/h2-8,13,18-19,23,26H,9-12,14-16H2,1H3,(H,27,30)(H,28,29)/t18?,19?,23-/m1/s1. The van der Waals surface area contributed by atoms with E-state index >= 15 is 0 Å². The molecule has 5 heteroatoms. The third-order valence-electron chi connectivity index (χ3n) is 6.47. The summed E-state index contributed by atoms with van der Waals surface area (Å²) in [7, 11) is 0. The van der Waals surface area contributed by atoms with Crippen LogP contribution in [0.15, 0.2) is 48.5 Å². The van der Waals surface area contributed by atoms with Gasteiger partial charge in [-0.1, -0.05) is 36.4 Å². The van der Waals surface area contributed by atoms with Crippen LogP contribution in [0.4, 0.5) is 5.69 Å². The lowest BCUT2D eigenvalue weighted by Crippen LogP contribution is -2.48. The van der Waals surface area contributed by atoms with E-state index < -0.39 is 0 Å². The molecular weight excluding hydrogens is 374 g/mol. The maximum atomic E-state index is 12.6. The van der Waals surface area contributed by atoms with Crippen molar-refractivity contribution < 1.29 is 9.59 Å². The Balaban J connectivity index is 1.20. The molecule has 4 rings (SSSR count). The van der Waals surface area contributed by atoms with Crippen molar-refractivity contribution in [3.05, 3.63) is 65.2 Å². The van der Waals surface area contributed by atoms with Crippen molar-refractivity contribution in [3.63, 3.8) is 0 Å². The highest BCUT2D eigenvalue weighted by molar-refractivity contribution is 5.92. The van der Waals surface area contributed by atoms with Crippen LogP contribution >= 0.6 is 0 Å². The molecule has 2 aromatic rings. The second kappa shape index (κ2) is 9.43.